The summed E-state index contributed by atoms with van der Waals surface area (Å²) >= 11 is 0. The SMILES string of the molecule is CCC(C)CCCCCCCCCCCCC(=O)O[C@H](COC(=O)CCCCCCCCCCCCCC(C)C)COP(=O)(O)OCC(O)COP(=O)(O)OC[C@@H](COC(=O)CCCCCCCCC(C)C)OC(=O)CCCCCCCCCCCCCCCCCC(C)C. The fourth-order valence-electron chi connectivity index (χ4n) is 11.5. The Balaban J connectivity index is 5.23. The number of esters is 4. The number of unbranched alkanes of at least 4 members (excludes halogenated alkanes) is 38. The lowest BCUT2D eigenvalue weighted by atomic mass is 9.99. The third-order valence-corrected chi connectivity index (χ3v) is 19.8. The van der Waals surface area contributed by atoms with E-state index < -0.39 is 97.5 Å². The molecule has 19 heteroatoms. The Kier molecular flexibility index (Phi) is 64.0. The van der Waals surface area contributed by atoms with Gasteiger partial charge in [0.25, 0.3) is 0 Å². The van der Waals surface area contributed by atoms with E-state index in [2.05, 4.69) is 55.4 Å². The number of aliphatic hydroxyl groups is 1. The molecule has 0 bridgehead atoms. The minimum Gasteiger partial charge on any atom is -0.462 e. The van der Waals surface area contributed by atoms with Crippen molar-refractivity contribution in [2.24, 2.45) is 23.7 Å². The van der Waals surface area contributed by atoms with Crippen LogP contribution in [-0.4, -0.2) is 96.7 Å². The molecule has 0 amide bonds. The zero-order chi connectivity index (χ0) is 70.3. The molecule has 0 rings (SSSR count). The number of aliphatic hydroxyl groups excluding tert-OH is 1. The number of rotatable bonds is 73. The first-order chi connectivity index (χ1) is 45.6. The van der Waals surface area contributed by atoms with Gasteiger partial charge in [-0.25, -0.2) is 9.13 Å². The molecule has 0 aliphatic carbocycles. The molecule has 0 aliphatic heterocycles. The Morgan fingerprint density at radius 1 is 0.295 bits per heavy atom. The maximum Gasteiger partial charge on any atom is 0.472 e. The van der Waals surface area contributed by atoms with E-state index >= 15 is 0 Å². The topological polar surface area (TPSA) is 237 Å². The molecule has 0 fully saturated rings. The molecule has 0 aliphatic rings. The molecule has 0 saturated carbocycles. The minimum atomic E-state index is -4.96. The highest BCUT2D eigenvalue weighted by Crippen LogP contribution is 2.45. The molecule has 6 atom stereocenters. The predicted octanol–water partition coefficient (Wildman–Crippen LogP) is 22.0. The van der Waals surface area contributed by atoms with Crippen molar-refractivity contribution in [3.63, 3.8) is 0 Å². The molecule has 17 nitrogen and oxygen atoms in total. The van der Waals surface area contributed by atoms with E-state index in [-0.39, 0.29) is 25.7 Å². The summed E-state index contributed by atoms with van der Waals surface area (Å²) < 4.78 is 68.5. The van der Waals surface area contributed by atoms with Crippen molar-refractivity contribution in [1.29, 1.82) is 0 Å². The molecule has 0 heterocycles. The Morgan fingerprint density at radius 3 is 0.747 bits per heavy atom. The maximum atomic E-state index is 13.1. The molecule has 564 valence electrons. The molecular weight excluding hydrogens is 1250 g/mol. The monoisotopic (exact) mass is 1400 g/mol. The standard InChI is InChI=1S/C76H148O17P2/c1-9-69(8)55-47-39-30-24-20-21-27-33-43-51-59-76(81)92-71(62-86-73(78)56-48-40-31-25-19-15-17-23-29-37-45-53-67(4)5)64-90-94(82,83)88-60-70(77)61-89-95(84,85)91-65-72(63-87-74(79)57-49-41-35-34-38-46-54-68(6)7)93-75(80)58-50-42-32-26-18-14-12-10-11-13-16-22-28-36-44-52-66(2)3/h66-72,77H,9-65H2,1-8H3,(H,82,83)(H,84,85)/t69?,70?,71-,72-/m1/s1. The summed E-state index contributed by atoms with van der Waals surface area (Å²) in [6, 6.07) is 0. The maximum absolute atomic E-state index is 13.1. The van der Waals surface area contributed by atoms with E-state index in [0.717, 1.165) is 114 Å². The van der Waals surface area contributed by atoms with Crippen molar-refractivity contribution in [2.45, 2.75) is 401 Å². The quantitative estimate of drug-likeness (QED) is 0.0222. The molecule has 4 unspecified atom stereocenters. The first kappa shape index (κ1) is 93.1. The molecule has 0 spiro atoms. The lowest BCUT2D eigenvalue weighted by molar-refractivity contribution is -0.161. The first-order valence-corrected chi connectivity index (χ1v) is 42.2. The van der Waals surface area contributed by atoms with Crippen molar-refractivity contribution in [1.82, 2.24) is 0 Å². The van der Waals surface area contributed by atoms with Gasteiger partial charge in [0.1, 0.15) is 19.3 Å². The Morgan fingerprint density at radius 2 is 0.505 bits per heavy atom. The van der Waals surface area contributed by atoms with E-state index in [4.69, 9.17) is 37.0 Å². The van der Waals surface area contributed by atoms with Gasteiger partial charge in [-0.05, 0) is 49.4 Å². The minimum absolute atomic E-state index is 0.106. The van der Waals surface area contributed by atoms with Crippen LogP contribution in [0.15, 0.2) is 0 Å². The lowest BCUT2D eigenvalue weighted by Crippen LogP contribution is -2.30. The normalized spacial score (nSPS) is 14.4. The van der Waals surface area contributed by atoms with Gasteiger partial charge in [0.05, 0.1) is 26.4 Å². The van der Waals surface area contributed by atoms with Crippen molar-refractivity contribution in [3.05, 3.63) is 0 Å². The van der Waals surface area contributed by atoms with Crippen LogP contribution in [0, 0.1) is 23.7 Å². The van der Waals surface area contributed by atoms with Gasteiger partial charge in [0.2, 0.25) is 0 Å². The second-order valence-corrected chi connectivity index (χ2v) is 32.0. The van der Waals surface area contributed by atoms with Gasteiger partial charge in [0, 0.05) is 25.7 Å². The summed E-state index contributed by atoms with van der Waals surface area (Å²) in [5.74, 6) is 0.934. The largest absolute Gasteiger partial charge is 0.472 e. The molecule has 0 aromatic carbocycles. The molecule has 0 saturated heterocycles. The predicted molar refractivity (Wildman–Crippen MR) is 386 cm³/mol. The summed E-state index contributed by atoms with van der Waals surface area (Å²) in [4.78, 5) is 72.8. The molecule has 0 aromatic rings. The van der Waals surface area contributed by atoms with Crippen LogP contribution < -0.4 is 0 Å². The first-order valence-electron chi connectivity index (χ1n) is 39.2. The van der Waals surface area contributed by atoms with Crippen molar-refractivity contribution in [2.75, 3.05) is 39.6 Å². The van der Waals surface area contributed by atoms with Gasteiger partial charge in [-0.15, -0.1) is 0 Å². The Bertz CT molecular complexity index is 1870. The average Bonchev–Trinajstić information content (AvgIpc) is 2.28. The Hall–Kier alpha value is -1.94. The molecule has 0 aromatic heterocycles. The summed E-state index contributed by atoms with van der Waals surface area (Å²) in [7, 11) is -9.91. The van der Waals surface area contributed by atoms with Gasteiger partial charge in [0.15, 0.2) is 12.2 Å². The van der Waals surface area contributed by atoms with E-state index in [0.29, 0.717) is 31.6 Å². The summed E-state index contributed by atoms with van der Waals surface area (Å²) in [5, 5.41) is 10.6. The molecule has 95 heavy (non-hydrogen) atoms. The van der Waals surface area contributed by atoms with Crippen LogP contribution in [0.2, 0.25) is 0 Å². The zero-order valence-electron chi connectivity index (χ0n) is 62.3. The van der Waals surface area contributed by atoms with E-state index in [1.54, 1.807) is 0 Å². The van der Waals surface area contributed by atoms with Crippen LogP contribution in [0.4, 0.5) is 0 Å². The average molecular weight is 1400 g/mol. The fourth-order valence-corrected chi connectivity index (χ4v) is 13.1. The summed E-state index contributed by atoms with van der Waals surface area (Å²) in [5.41, 5.74) is 0. The number of ether oxygens (including phenoxy) is 4. The number of phosphoric ester groups is 2. The second kappa shape index (κ2) is 65.4. The van der Waals surface area contributed by atoms with Crippen molar-refractivity contribution in [3.8, 4) is 0 Å². The molecular formula is C76H148O17P2. The van der Waals surface area contributed by atoms with Crippen LogP contribution in [0.1, 0.15) is 383 Å². The third kappa shape index (κ3) is 69.0. The third-order valence-electron chi connectivity index (χ3n) is 17.9. The van der Waals surface area contributed by atoms with Gasteiger partial charge >= 0.3 is 39.5 Å². The second-order valence-electron chi connectivity index (χ2n) is 29.1. The molecule has 0 radical (unpaired) electrons. The van der Waals surface area contributed by atoms with E-state index in [1.807, 2.05) is 0 Å². The summed E-state index contributed by atoms with van der Waals surface area (Å²) in [6.07, 6.45) is 50.0. The van der Waals surface area contributed by atoms with Gasteiger partial charge in [-0.2, -0.15) is 0 Å². The highest BCUT2D eigenvalue weighted by atomic mass is 31.2. The number of phosphoric acid groups is 2. The number of carbonyl (C=O) groups is 4. The van der Waals surface area contributed by atoms with Crippen molar-refractivity contribution < 1.29 is 80.2 Å². The number of carbonyl (C=O) groups excluding carboxylic acids is 4. The van der Waals surface area contributed by atoms with Crippen LogP contribution in [0.25, 0.3) is 0 Å². The van der Waals surface area contributed by atoms with Crippen LogP contribution >= 0.6 is 15.6 Å². The van der Waals surface area contributed by atoms with Crippen LogP contribution in [0.5, 0.6) is 0 Å². The molecule has 3 N–H and O–H groups in total. The van der Waals surface area contributed by atoms with Crippen LogP contribution in [0.3, 0.4) is 0 Å². The van der Waals surface area contributed by atoms with E-state index in [1.165, 1.54) is 180 Å². The zero-order valence-corrected chi connectivity index (χ0v) is 64.1. The highest BCUT2D eigenvalue weighted by Gasteiger charge is 2.30. The van der Waals surface area contributed by atoms with Crippen LogP contribution in [-0.2, 0) is 65.4 Å². The van der Waals surface area contributed by atoms with Gasteiger partial charge in [-0.1, -0.05) is 331 Å². The fraction of sp³-hybridized carbons (Fsp3) is 0.947. The van der Waals surface area contributed by atoms with E-state index in [9.17, 15) is 43.2 Å². The Labute approximate surface area is 581 Å². The number of hydrogen-bond donors (Lipinski definition) is 3. The lowest BCUT2D eigenvalue weighted by Gasteiger charge is -2.21. The van der Waals surface area contributed by atoms with Gasteiger partial charge in [-0.3, -0.25) is 37.3 Å². The number of hydrogen-bond acceptors (Lipinski definition) is 15. The van der Waals surface area contributed by atoms with Gasteiger partial charge < -0.3 is 33.8 Å². The summed E-state index contributed by atoms with van der Waals surface area (Å²) in [6.45, 7) is 14.2. The van der Waals surface area contributed by atoms with Crippen molar-refractivity contribution >= 4 is 39.5 Å². The smallest absolute Gasteiger partial charge is 0.462 e. The highest BCUT2D eigenvalue weighted by molar-refractivity contribution is 7.47.